The summed E-state index contributed by atoms with van der Waals surface area (Å²) in [6, 6.07) is 19.8. The molecule has 0 aromatic heterocycles. The molecule has 0 saturated heterocycles. The molecule has 320 valence electrons. The molecule has 0 bridgehead atoms. The summed E-state index contributed by atoms with van der Waals surface area (Å²) in [4.78, 5) is 47.8. The largest absolute Gasteiger partial charge is 0.462 e. The van der Waals surface area contributed by atoms with Crippen molar-refractivity contribution in [3.8, 4) is 11.5 Å². The van der Waals surface area contributed by atoms with E-state index in [-0.39, 0.29) is 73.9 Å². The maximum atomic E-state index is 12.5. The Hall–Kier alpha value is -5.39. The highest BCUT2D eigenvalue weighted by Crippen LogP contribution is 2.35. The van der Waals surface area contributed by atoms with Crippen LogP contribution < -0.4 is 8.37 Å². The van der Waals surface area contributed by atoms with Crippen molar-refractivity contribution < 1.29 is 63.3 Å². The molecule has 0 aliphatic heterocycles. The van der Waals surface area contributed by atoms with Crippen LogP contribution in [-0.4, -0.2) is 67.1 Å². The number of carbonyl (C=O) groups excluding carboxylic acids is 4. The van der Waals surface area contributed by atoms with E-state index in [1.165, 1.54) is 72.8 Å². The maximum absolute atomic E-state index is 12.5. The maximum Gasteiger partial charge on any atom is 0.345 e. The molecule has 0 N–H and O–H groups in total. The van der Waals surface area contributed by atoms with E-state index in [2.05, 4.69) is 0 Å². The first-order valence-corrected chi connectivity index (χ1v) is 21.7. The first kappa shape index (κ1) is 49.0. The molecule has 0 unspecified atom stereocenters. The van der Waals surface area contributed by atoms with E-state index in [0.717, 1.165) is 5.56 Å². The third-order valence-electron chi connectivity index (χ3n) is 7.34. The number of benzene rings is 4. The normalized spacial score (nSPS) is 10.8. The van der Waals surface area contributed by atoms with Crippen molar-refractivity contribution in [1.29, 1.82) is 0 Å². The third kappa shape index (κ3) is 14.4. The van der Waals surface area contributed by atoms with Crippen molar-refractivity contribution >= 4 is 91.1 Å². The minimum absolute atomic E-state index is 0.0361. The van der Waals surface area contributed by atoms with Gasteiger partial charge >= 0.3 is 44.1 Å². The van der Waals surface area contributed by atoms with E-state index in [1.807, 2.05) is 6.92 Å². The molecule has 0 aliphatic carbocycles. The summed E-state index contributed by atoms with van der Waals surface area (Å²) < 4.78 is 79.6. The summed E-state index contributed by atoms with van der Waals surface area (Å²) >= 11 is 17.7. The SMILES string of the molecule is CCOC(=O)C(=Cc1ccc(S(=O)(=O)Oc2cc(Cl)c(Cl)cc2Cl)cc1)C(=O)OCC.CCOC(=O)C(=Cc1ccc(S(=O)(=O)Oc2ccc(C)cc2)cc1)C(=O)OCC. The number of aryl methyl sites for hydroxylation is 1. The average Bonchev–Trinajstić information content (AvgIpc) is 3.19. The molecule has 4 aromatic carbocycles. The average molecular weight is 926 g/mol. The first-order chi connectivity index (χ1) is 28.3. The lowest BCUT2D eigenvalue weighted by Gasteiger charge is -2.10. The van der Waals surface area contributed by atoms with Gasteiger partial charge in [0.25, 0.3) is 0 Å². The number of hydrogen-bond acceptors (Lipinski definition) is 14. The van der Waals surface area contributed by atoms with Crippen molar-refractivity contribution in [2.45, 2.75) is 44.4 Å². The second-order valence-corrected chi connectivity index (χ2v) is 16.0. The highest BCUT2D eigenvalue weighted by Gasteiger charge is 2.24. The second kappa shape index (κ2) is 22.8. The summed E-state index contributed by atoms with van der Waals surface area (Å²) in [7, 11) is -8.28. The molecule has 60 heavy (non-hydrogen) atoms. The van der Waals surface area contributed by atoms with Crippen LogP contribution in [0.25, 0.3) is 12.2 Å². The molecular formula is C41H39Cl3O14S2. The summed E-state index contributed by atoms with van der Waals surface area (Å²) in [6.45, 7) is 8.66. The van der Waals surface area contributed by atoms with E-state index in [0.29, 0.717) is 11.1 Å². The lowest BCUT2D eigenvalue weighted by atomic mass is 10.1. The van der Waals surface area contributed by atoms with E-state index in [9.17, 15) is 36.0 Å². The van der Waals surface area contributed by atoms with Gasteiger partial charge in [-0.1, -0.05) is 76.8 Å². The summed E-state index contributed by atoms with van der Waals surface area (Å²) in [5, 5.41) is 0.180. The van der Waals surface area contributed by atoms with Gasteiger partial charge in [0, 0.05) is 6.07 Å². The van der Waals surface area contributed by atoms with Gasteiger partial charge in [0.15, 0.2) is 5.75 Å². The predicted octanol–water partition coefficient (Wildman–Crippen LogP) is 8.20. The fourth-order valence-electron chi connectivity index (χ4n) is 4.54. The molecule has 19 heteroatoms. The zero-order chi connectivity index (χ0) is 44.6. The Bertz CT molecular complexity index is 2410. The fraction of sp³-hybridized carbons (Fsp3) is 0.220. The molecule has 0 heterocycles. The molecule has 4 rings (SSSR count). The fourth-order valence-corrected chi connectivity index (χ4v) is 7.03. The molecule has 0 atom stereocenters. The van der Waals surface area contributed by atoms with Crippen LogP contribution in [0, 0.1) is 6.92 Å². The van der Waals surface area contributed by atoms with Crippen LogP contribution in [0.3, 0.4) is 0 Å². The standard InChI is InChI=1S/C21H22O7S.C20H17Cl3O7S/c1-4-26-20(22)19(21(23)27-5-2)14-16-8-12-18(13-9-16)29(24,25)28-17-10-6-15(3)7-11-17;1-3-28-19(24)14(20(25)29-4-2)9-12-5-7-13(8-6-12)31(26,27)30-18-11-16(22)15(21)10-17(18)23/h6-14H,4-5H2,1-3H3;5-11H,3-4H2,1-2H3. The smallest absolute Gasteiger partial charge is 0.345 e. The van der Waals surface area contributed by atoms with Crippen LogP contribution in [-0.2, 0) is 58.4 Å². The number of esters is 4. The van der Waals surface area contributed by atoms with Crippen LogP contribution in [0.5, 0.6) is 11.5 Å². The van der Waals surface area contributed by atoms with Gasteiger partial charge in [-0.05, 0) is 100 Å². The van der Waals surface area contributed by atoms with Crippen molar-refractivity contribution in [3.05, 3.63) is 128 Å². The van der Waals surface area contributed by atoms with Gasteiger partial charge in [0.1, 0.15) is 26.7 Å². The van der Waals surface area contributed by atoms with Gasteiger partial charge < -0.3 is 27.3 Å². The molecule has 4 aromatic rings. The summed E-state index contributed by atoms with van der Waals surface area (Å²) in [5.74, 6) is -3.32. The van der Waals surface area contributed by atoms with Crippen LogP contribution in [0.1, 0.15) is 44.4 Å². The summed E-state index contributed by atoms with van der Waals surface area (Å²) in [6.07, 6.45) is 2.52. The van der Waals surface area contributed by atoms with Crippen molar-refractivity contribution in [2.24, 2.45) is 0 Å². The Labute approximate surface area is 362 Å². The first-order valence-electron chi connectivity index (χ1n) is 17.8. The quantitative estimate of drug-likeness (QED) is 0.0199. The zero-order valence-electron chi connectivity index (χ0n) is 32.7. The Morgan fingerprint density at radius 3 is 1.22 bits per heavy atom. The number of hydrogen-bond donors (Lipinski definition) is 0. The second-order valence-electron chi connectivity index (χ2n) is 11.7. The number of rotatable bonds is 16. The van der Waals surface area contributed by atoms with E-state index in [1.54, 1.807) is 52.0 Å². The molecule has 0 saturated carbocycles. The Morgan fingerprint density at radius 2 is 0.850 bits per heavy atom. The molecule has 0 spiro atoms. The molecule has 14 nitrogen and oxygen atoms in total. The Morgan fingerprint density at radius 1 is 0.500 bits per heavy atom. The number of carbonyl (C=O) groups is 4. The molecular weight excluding hydrogens is 887 g/mol. The minimum Gasteiger partial charge on any atom is -0.462 e. The number of halogens is 3. The molecule has 0 aliphatic rings. The van der Waals surface area contributed by atoms with E-state index >= 15 is 0 Å². The molecule has 0 radical (unpaired) electrons. The predicted molar refractivity (Wildman–Crippen MR) is 224 cm³/mol. The Kier molecular flexibility index (Phi) is 18.6. The number of ether oxygens (including phenoxy) is 4. The lowest BCUT2D eigenvalue weighted by molar-refractivity contribution is -0.148. The lowest BCUT2D eigenvalue weighted by Crippen LogP contribution is -2.18. The van der Waals surface area contributed by atoms with E-state index in [4.69, 9.17) is 62.1 Å². The van der Waals surface area contributed by atoms with Crippen LogP contribution in [0.15, 0.2) is 106 Å². The van der Waals surface area contributed by atoms with Gasteiger partial charge in [-0.15, -0.1) is 0 Å². The van der Waals surface area contributed by atoms with E-state index < -0.39 is 44.1 Å². The van der Waals surface area contributed by atoms with Crippen LogP contribution >= 0.6 is 34.8 Å². The molecule has 0 fully saturated rings. The molecule has 0 amide bonds. The van der Waals surface area contributed by atoms with Crippen LogP contribution in [0.4, 0.5) is 0 Å². The van der Waals surface area contributed by atoms with Gasteiger partial charge in [0.05, 0.1) is 41.5 Å². The van der Waals surface area contributed by atoms with Gasteiger partial charge in [0.2, 0.25) is 0 Å². The monoisotopic (exact) mass is 924 g/mol. The van der Waals surface area contributed by atoms with Gasteiger partial charge in [-0.3, -0.25) is 0 Å². The Balaban J connectivity index is 0.000000321. The topological polar surface area (TPSA) is 192 Å². The van der Waals surface area contributed by atoms with Crippen molar-refractivity contribution in [2.75, 3.05) is 26.4 Å². The van der Waals surface area contributed by atoms with Crippen molar-refractivity contribution in [3.63, 3.8) is 0 Å². The highest BCUT2D eigenvalue weighted by atomic mass is 35.5. The van der Waals surface area contributed by atoms with Crippen LogP contribution in [0.2, 0.25) is 15.1 Å². The summed E-state index contributed by atoms with van der Waals surface area (Å²) in [5.41, 5.74) is 1.17. The van der Waals surface area contributed by atoms with Crippen molar-refractivity contribution in [1.82, 2.24) is 0 Å². The van der Waals surface area contributed by atoms with Gasteiger partial charge in [-0.25, -0.2) is 19.2 Å². The third-order valence-corrected chi connectivity index (χ3v) is 10.9. The van der Waals surface area contributed by atoms with Gasteiger partial charge in [-0.2, -0.15) is 16.8 Å². The minimum atomic E-state index is -4.25. The highest BCUT2D eigenvalue weighted by molar-refractivity contribution is 7.87. The zero-order valence-corrected chi connectivity index (χ0v) is 36.6.